The van der Waals surface area contributed by atoms with E-state index in [-0.39, 0.29) is 23.9 Å². The molecule has 0 bridgehead atoms. The van der Waals surface area contributed by atoms with Crippen LogP contribution in [0.25, 0.3) is 10.9 Å². The third kappa shape index (κ3) is 6.81. The summed E-state index contributed by atoms with van der Waals surface area (Å²) in [6.45, 7) is 6.87. The summed E-state index contributed by atoms with van der Waals surface area (Å²) in [5.41, 5.74) is 1.63. The molecule has 0 aliphatic heterocycles. The lowest BCUT2D eigenvalue weighted by Crippen LogP contribution is -2.49. The maximum absolute atomic E-state index is 12.9. The molecular weight excluding hydrogens is 486 g/mol. The highest BCUT2D eigenvalue weighted by molar-refractivity contribution is 7.16. The Kier molecular flexibility index (Phi) is 8.30. The molecule has 12 heteroatoms. The zero-order valence-electron chi connectivity index (χ0n) is 20.7. The van der Waals surface area contributed by atoms with Crippen molar-refractivity contribution in [3.8, 4) is 0 Å². The van der Waals surface area contributed by atoms with Crippen LogP contribution in [0.2, 0.25) is 0 Å². The van der Waals surface area contributed by atoms with Gasteiger partial charge < -0.3 is 25.4 Å². The van der Waals surface area contributed by atoms with Crippen molar-refractivity contribution in [3.63, 3.8) is 0 Å². The number of methoxy groups -OCH3 is 1. The second-order valence-electron chi connectivity index (χ2n) is 8.99. The molecule has 0 radical (unpaired) electrons. The maximum Gasteiger partial charge on any atom is 0.407 e. The monoisotopic (exact) mass is 515 g/mol. The van der Waals surface area contributed by atoms with E-state index in [4.69, 9.17) is 9.47 Å². The number of amides is 3. The number of benzene rings is 1. The average molecular weight is 516 g/mol. The molecule has 36 heavy (non-hydrogen) atoms. The highest BCUT2D eigenvalue weighted by Crippen LogP contribution is 2.23. The molecule has 0 saturated carbocycles. The van der Waals surface area contributed by atoms with Crippen LogP contribution in [0.5, 0.6) is 0 Å². The Labute approximate surface area is 211 Å². The molecule has 0 aliphatic rings. The molecule has 2 aromatic heterocycles. The number of carbonyl (C=O) groups is 4. The molecule has 0 fully saturated rings. The van der Waals surface area contributed by atoms with E-state index in [1.54, 1.807) is 40.0 Å². The van der Waals surface area contributed by atoms with Crippen molar-refractivity contribution < 1.29 is 28.7 Å². The van der Waals surface area contributed by atoms with Crippen LogP contribution in [0.3, 0.4) is 0 Å². The summed E-state index contributed by atoms with van der Waals surface area (Å²) in [5.74, 6) is -1.64. The molecule has 0 aliphatic carbocycles. The quantitative estimate of drug-likeness (QED) is 0.337. The molecule has 11 nitrogen and oxygen atoms in total. The smallest absolute Gasteiger partial charge is 0.407 e. The Hall–Kier alpha value is -3.93. The number of esters is 1. The molecule has 2 heterocycles. The predicted molar refractivity (Wildman–Crippen MR) is 134 cm³/mol. The van der Waals surface area contributed by atoms with Crippen LogP contribution >= 0.6 is 11.3 Å². The van der Waals surface area contributed by atoms with Gasteiger partial charge in [-0.05, 0) is 51.0 Å². The topological polar surface area (TPSA) is 152 Å². The van der Waals surface area contributed by atoms with Gasteiger partial charge in [0.05, 0.1) is 35.1 Å². The molecule has 3 amide bonds. The number of thiophene rings is 1. The molecule has 3 aromatic rings. The van der Waals surface area contributed by atoms with Gasteiger partial charge in [0, 0.05) is 11.9 Å². The number of rotatable bonds is 8. The van der Waals surface area contributed by atoms with Crippen molar-refractivity contribution in [1.82, 2.24) is 26.1 Å². The van der Waals surface area contributed by atoms with Gasteiger partial charge in [-0.3, -0.25) is 14.7 Å². The summed E-state index contributed by atoms with van der Waals surface area (Å²) in [5, 5.41) is 15.7. The minimum Gasteiger partial charge on any atom is -0.467 e. The van der Waals surface area contributed by atoms with Crippen molar-refractivity contribution in [2.45, 2.75) is 45.9 Å². The number of fused-ring (bicyclic) bond motifs is 1. The molecule has 1 atom stereocenters. The fraction of sp³-hybridized carbons (Fsp3) is 0.375. The van der Waals surface area contributed by atoms with Gasteiger partial charge in [0.25, 0.3) is 11.8 Å². The Balaban J connectivity index is 1.64. The fourth-order valence-electron chi connectivity index (χ4n) is 3.32. The van der Waals surface area contributed by atoms with Crippen molar-refractivity contribution >= 4 is 46.1 Å². The first kappa shape index (κ1) is 26.7. The second-order valence-corrected chi connectivity index (χ2v) is 10.0. The van der Waals surface area contributed by atoms with Gasteiger partial charge in [-0.2, -0.15) is 5.10 Å². The highest BCUT2D eigenvalue weighted by Gasteiger charge is 2.26. The largest absolute Gasteiger partial charge is 0.467 e. The molecule has 192 valence electrons. The number of hydrogen-bond donors (Lipinski definition) is 4. The fourth-order valence-corrected chi connectivity index (χ4v) is 4.32. The third-order valence-electron chi connectivity index (χ3n) is 5.00. The number of aryl methyl sites for hydroxylation is 1. The van der Waals surface area contributed by atoms with Crippen molar-refractivity contribution in [2.75, 3.05) is 13.7 Å². The molecule has 1 aromatic carbocycles. The normalized spacial score (nSPS) is 12.0. The number of carbonyl (C=O) groups excluding carboxylic acids is 4. The molecule has 0 unspecified atom stereocenters. The van der Waals surface area contributed by atoms with Crippen LogP contribution in [-0.4, -0.2) is 59.4 Å². The first-order valence-electron chi connectivity index (χ1n) is 11.1. The van der Waals surface area contributed by atoms with Crippen LogP contribution in [0, 0.1) is 6.92 Å². The number of aromatic amines is 1. The number of ether oxygens (including phenoxy) is 2. The summed E-state index contributed by atoms with van der Waals surface area (Å²) in [6.07, 6.45) is 0.965. The zero-order chi connectivity index (χ0) is 26.5. The van der Waals surface area contributed by atoms with Crippen LogP contribution in [-0.2, 0) is 20.8 Å². The third-order valence-corrected chi connectivity index (χ3v) is 6.24. The standard InChI is InChI=1S/C24H29N5O6S/c1-13-9-18(20(30)25-10-14-7-6-8-16-15(14)11-27-29-16)36-19(13)21(31)28-17(22(32)34-5)12-26-23(33)35-24(2,3)4/h6-9,11,17H,10,12H2,1-5H3,(H,25,30)(H,26,33)(H,27,29)(H,28,31)/t17-/m0/s1. The summed E-state index contributed by atoms with van der Waals surface area (Å²) < 4.78 is 9.89. The number of alkyl carbamates (subject to hydrolysis) is 1. The van der Waals surface area contributed by atoms with Gasteiger partial charge in [0.15, 0.2) is 0 Å². The minimum absolute atomic E-state index is 0.231. The second kappa shape index (κ2) is 11.2. The van der Waals surface area contributed by atoms with Gasteiger partial charge in [-0.15, -0.1) is 11.3 Å². The summed E-state index contributed by atoms with van der Waals surface area (Å²) in [6, 6.07) is 6.12. The minimum atomic E-state index is -1.15. The van der Waals surface area contributed by atoms with E-state index in [1.807, 2.05) is 18.2 Å². The van der Waals surface area contributed by atoms with Crippen molar-refractivity contribution in [1.29, 1.82) is 0 Å². The Morgan fingerprint density at radius 2 is 1.89 bits per heavy atom. The van der Waals surface area contributed by atoms with Gasteiger partial charge in [-0.25, -0.2) is 9.59 Å². The molecule has 0 saturated heterocycles. The van der Waals surface area contributed by atoms with Crippen LogP contribution in [0.1, 0.15) is 51.2 Å². The molecule has 3 rings (SSSR count). The summed E-state index contributed by atoms with van der Waals surface area (Å²) in [4.78, 5) is 50.4. The molecule has 0 spiro atoms. The molecular formula is C24H29N5O6S. The lowest BCUT2D eigenvalue weighted by molar-refractivity contribution is -0.142. The van der Waals surface area contributed by atoms with E-state index < -0.39 is 29.6 Å². The van der Waals surface area contributed by atoms with E-state index in [2.05, 4.69) is 26.1 Å². The van der Waals surface area contributed by atoms with Crippen molar-refractivity contribution in [3.05, 3.63) is 51.3 Å². The van der Waals surface area contributed by atoms with E-state index in [9.17, 15) is 19.2 Å². The van der Waals surface area contributed by atoms with Crippen molar-refractivity contribution in [2.24, 2.45) is 0 Å². The van der Waals surface area contributed by atoms with Crippen LogP contribution in [0.15, 0.2) is 30.5 Å². The van der Waals surface area contributed by atoms with E-state index in [1.165, 1.54) is 7.11 Å². The number of nitrogens with zero attached hydrogens (tertiary/aromatic N) is 1. The number of nitrogens with one attached hydrogen (secondary N) is 4. The molecule has 4 N–H and O–H groups in total. The van der Waals surface area contributed by atoms with Crippen LogP contribution < -0.4 is 16.0 Å². The van der Waals surface area contributed by atoms with Gasteiger partial charge in [-0.1, -0.05) is 12.1 Å². The Bertz CT molecular complexity index is 1280. The SMILES string of the molecule is COC(=O)[C@H](CNC(=O)OC(C)(C)C)NC(=O)c1sc(C(=O)NCc2cccc3[nH]ncc23)cc1C. The number of aromatic nitrogens is 2. The van der Waals surface area contributed by atoms with Gasteiger partial charge >= 0.3 is 12.1 Å². The van der Waals surface area contributed by atoms with E-state index >= 15 is 0 Å². The lowest BCUT2D eigenvalue weighted by Gasteiger charge is -2.21. The number of H-pyrrole nitrogens is 1. The summed E-state index contributed by atoms with van der Waals surface area (Å²) >= 11 is 1.00. The van der Waals surface area contributed by atoms with Gasteiger partial charge in [0.1, 0.15) is 11.6 Å². The first-order chi connectivity index (χ1) is 17.0. The van der Waals surface area contributed by atoms with Crippen LogP contribution in [0.4, 0.5) is 4.79 Å². The maximum atomic E-state index is 12.9. The van der Waals surface area contributed by atoms with Gasteiger partial charge in [0.2, 0.25) is 0 Å². The summed E-state index contributed by atoms with van der Waals surface area (Å²) in [7, 11) is 1.18. The average Bonchev–Trinajstić information content (AvgIpc) is 3.45. The van der Waals surface area contributed by atoms with E-state index in [0.717, 1.165) is 27.8 Å². The number of hydrogen-bond acceptors (Lipinski definition) is 8. The first-order valence-corrected chi connectivity index (χ1v) is 11.9. The predicted octanol–water partition coefficient (Wildman–Crippen LogP) is 2.66. The highest BCUT2D eigenvalue weighted by atomic mass is 32.1. The lowest BCUT2D eigenvalue weighted by atomic mass is 10.1. The Morgan fingerprint density at radius 3 is 2.58 bits per heavy atom. The van der Waals surface area contributed by atoms with E-state index in [0.29, 0.717) is 10.4 Å². The zero-order valence-corrected chi connectivity index (χ0v) is 21.5. The Morgan fingerprint density at radius 1 is 1.14 bits per heavy atom.